The van der Waals surface area contributed by atoms with Gasteiger partial charge in [0.2, 0.25) is 0 Å². The molecule has 0 saturated carbocycles. The maximum absolute atomic E-state index is 13.7. The standard InChI is InChI=1S/C27H28F2N2O4/c1-6-35-27(34)24-16(2)23(17(3)30(24)5)25(32)18(4)31(15-19-7-11-21(28)12-8-19)26(33)20-9-13-22(29)14-10-20/h7-14,18H,6,15H2,1-5H3/t18-/m0/s1. The SMILES string of the molecule is CCOC(=O)c1c(C)c(C(=O)[C@H](C)N(Cc2ccc(F)cc2)C(=O)c2ccc(F)cc2)c(C)n1C. The Kier molecular flexibility index (Phi) is 7.84. The lowest BCUT2D eigenvalue weighted by Crippen LogP contribution is -2.43. The van der Waals surface area contributed by atoms with E-state index in [9.17, 15) is 23.2 Å². The van der Waals surface area contributed by atoms with Gasteiger partial charge in [0, 0.05) is 30.4 Å². The molecule has 0 bridgehead atoms. The van der Waals surface area contributed by atoms with Crippen LogP contribution in [0.15, 0.2) is 48.5 Å². The highest BCUT2D eigenvalue weighted by atomic mass is 19.1. The zero-order chi connectivity index (χ0) is 25.9. The van der Waals surface area contributed by atoms with Gasteiger partial charge < -0.3 is 14.2 Å². The zero-order valence-electron chi connectivity index (χ0n) is 20.4. The van der Waals surface area contributed by atoms with Crippen LogP contribution in [-0.2, 0) is 18.3 Å². The third-order valence-corrected chi connectivity index (χ3v) is 6.11. The van der Waals surface area contributed by atoms with Crippen molar-refractivity contribution in [1.82, 2.24) is 9.47 Å². The molecular formula is C27H28F2N2O4. The topological polar surface area (TPSA) is 68.6 Å². The smallest absolute Gasteiger partial charge is 0.355 e. The normalized spacial score (nSPS) is 11.7. The van der Waals surface area contributed by atoms with Crippen LogP contribution in [0.3, 0.4) is 0 Å². The average Bonchev–Trinajstić information content (AvgIpc) is 3.05. The van der Waals surface area contributed by atoms with Crippen molar-refractivity contribution in [3.8, 4) is 0 Å². The lowest BCUT2D eigenvalue weighted by atomic mass is 9.98. The number of Topliss-reactive ketones (excluding diaryl/α,β-unsaturated/α-hetero) is 1. The number of rotatable bonds is 8. The van der Waals surface area contributed by atoms with E-state index in [4.69, 9.17) is 4.74 Å². The van der Waals surface area contributed by atoms with E-state index in [0.29, 0.717) is 22.4 Å². The predicted octanol–water partition coefficient (Wildman–Crippen LogP) is 5.01. The molecule has 8 heteroatoms. The van der Waals surface area contributed by atoms with Gasteiger partial charge in [-0.1, -0.05) is 12.1 Å². The lowest BCUT2D eigenvalue weighted by Gasteiger charge is -2.29. The Bertz CT molecular complexity index is 1250. The van der Waals surface area contributed by atoms with Crippen molar-refractivity contribution in [2.24, 2.45) is 7.05 Å². The number of carbonyl (C=O) groups is 3. The van der Waals surface area contributed by atoms with Crippen molar-refractivity contribution in [1.29, 1.82) is 0 Å². The van der Waals surface area contributed by atoms with E-state index in [-0.39, 0.29) is 30.2 Å². The van der Waals surface area contributed by atoms with Crippen LogP contribution in [0, 0.1) is 25.5 Å². The number of ether oxygens (including phenoxy) is 1. The first kappa shape index (κ1) is 25.8. The van der Waals surface area contributed by atoms with Crippen molar-refractivity contribution in [3.05, 3.63) is 93.8 Å². The molecule has 3 aromatic rings. The highest BCUT2D eigenvalue weighted by Crippen LogP contribution is 2.26. The first-order chi connectivity index (χ1) is 16.6. The third-order valence-electron chi connectivity index (χ3n) is 6.11. The molecule has 35 heavy (non-hydrogen) atoms. The van der Waals surface area contributed by atoms with Gasteiger partial charge in [-0.2, -0.15) is 0 Å². The molecule has 1 amide bonds. The van der Waals surface area contributed by atoms with E-state index in [1.165, 1.54) is 53.4 Å². The Labute approximate surface area is 203 Å². The molecule has 3 rings (SSSR count). The lowest BCUT2D eigenvalue weighted by molar-refractivity contribution is 0.0513. The zero-order valence-corrected chi connectivity index (χ0v) is 20.4. The maximum Gasteiger partial charge on any atom is 0.355 e. The molecule has 0 fully saturated rings. The quantitative estimate of drug-likeness (QED) is 0.334. The summed E-state index contributed by atoms with van der Waals surface area (Å²) in [6, 6.07) is 9.74. The number of aromatic nitrogens is 1. The molecule has 1 heterocycles. The van der Waals surface area contributed by atoms with Crippen LogP contribution in [-0.4, -0.2) is 39.8 Å². The van der Waals surface area contributed by atoms with E-state index < -0.39 is 29.6 Å². The number of hydrogen-bond acceptors (Lipinski definition) is 4. The number of amides is 1. The van der Waals surface area contributed by atoms with Crippen LogP contribution in [0.1, 0.15) is 61.9 Å². The van der Waals surface area contributed by atoms with Crippen LogP contribution in [0.5, 0.6) is 0 Å². The van der Waals surface area contributed by atoms with Crippen molar-refractivity contribution < 1.29 is 27.9 Å². The van der Waals surface area contributed by atoms with Crippen LogP contribution in [0.25, 0.3) is 0 Å². The van der Waals surface area contributed by atoms with Gasteiger partial charge in [-0.25, -0.2) is 13.6 Å². The van der Waals surface area contributed by atoms with Gasteiger partial charge in [-0.15, -0.1) is 0 Å². The minimum absolute atomic E-state index is 0.0268. The Hall–Kier alpha value is -3.81. The summed E-state index contributed by atoms with van der Waals surface area (Å²) in [5.74, 6) is -2.28. The van der Waals surface area contributed by atoms with Crippen LogP contribution >= 0.6 is 0 Å². The summed E-state index contributed by atoms with van der Waals surface area (Å²) in [5.41, 5.74) is 2.47. The number of nitrogens with zero attached hydrogens (tertiary/aromatic N) is 2. The molecule has 0 spiro atoms. The van der Waals surface area contributed by atoms with Gasteiger partial charge in [0.1, 0.15) is 17.3 Å². The largest absolute Gasteiger partial charge is 0.461 e. The summed E-state index contributed by atoms with van der Waals surface area (Å²) in [6.45, 7) is 6.92. The molecule has 2 aromatic carbocycles. The molecule has 0 aliphatic heterocycles. The molecule has 0 N–H and O–H groups in total. The monoisotopic (exact) mass is 482 g/mol. The first-order valence-corrected chi connectivity index (χ1v) is 11.2. The van der Waals surface area contributed by atoms with E-state index in [1.54, 1.807) is 39.3 Å². The molecular weight excluding hydrogens is 454 g/mol. The van der Waals surface area contributed by atoms with Crippen LogP contribution in [0.2, 0.25) is 0 Å². The second-order valence-corrected chi connectivity index (χ2v) is 8.32. The van der Waals surface area contributed by atoms with Crippen molar-refractivity contribution >= 4 is 17.7 Å². The van der Waals surface area contributed by atoms with E-state index in [0.717, 1.165) is 0 Å². The number of benzene rings is 2. The highest BCUT2D eigenvalue weighted by molar-refractivity contribution is 6.07. The molecule has 0 radical (unpaired) electrons. The summed E-state index contributed by atoms with van der Waals surface area (Å²) in [5, 5.41) is 0. The summed E-state index contributed by atoms with van der Waals surface area (Å²) in [6.07, 6.45) is 0. The maximum atomic E-state index is 13.7. The van der Waals surface area contributed by atoms with Gasteiger partial charge in [-0.3, -0.25) is 9.59 Å². The second kappa shape index (κ2) is 10.6. The molecule has 0 aliphatic carbocycles. The third kappa shape index (κ3) is 5.31. The van der Waals surface area contributed by atoms with Gasteiger partial charge in [0.15, 0.2) is 5.78 Å². The van der Waals surface area contributed by atoms with E-state index in [2.05, 4.69) is 0 Å². The van der Waals surface area contributed by atoms with Gasteiger partial charge in [0.25, 0.3) is 5.91 Å². The van der Waals surface area contributed by atoms with Crippen molar-refractivity contribution in [2.75, 3.05) is 6.61 Å². The minimum Gasteiger partial charge on any atom is -0.461 e. The first-order valence-electron chi connectivity index (χ1n) is 11.2. The number of ketones is 1. The number of carbonyl (C=O) groups excluding carboxylic acids is 3. The number of esters is 1. The number of halogens is 2. The molecule has 0 unspecified atom stereocenters. The fourth-order valence-electron chi connectivity index (χ4n) is 4.11. The molecule has 1 aromatic heterocycles. The molecule has 0 saturated heterocycles. The predicted molar refractivity (Wildman–Crippen MR) is 127 cm³/mol. The molecule has 184 valence electrons. The molecule has 6 nitrogen and oxygen atoms in total. The Morgan fingerprint density at radius 1 is 0.971 bits per heavy atom. The summed E-state index contributed by atoms with van der Waals surface area (Å²) in [4.78, 5) is 41.0. The summed E-state index contributed by atoms with van der Waals surface area (Å²) in [7, 11) is 1.68. The Balaban J connectivity index is 2.03. The van der Waals surface area contributed by atoms with Crippen molar-refractivity contribution in [3.63, 3.8) is 0 Å². The Morgan fingerprint density at radius 2 is 1.51 bits per heavy atom. The fraction of sp³-hybridized carbons (Fsp3) is 0.296. The van der Waals surface area contributed by atoms with E-state index in [1.807, 2.05) is 0 Å². The van der Waals surface area contributed by atoms with E-state index >= 15 is 0 Å². The minimum atomic E-state index is -0.938. The molecule has 0 aliphatic rings. The van der Waals surface area contributed by atoms with Gasteiger partial charge in [0.05, 0.1) is 12.6 Å². The number of hydrogen-bond donors (Lipinski definition) is 0. The summed E-state index contributed by atoms with van der Waals surface area (Å²) >= 11 is 0. The summed E-state index contributed by atoms with van der Waals surface area (Å²) < 4.78 is 33.6. The average molecular weight is 483 g/mol. The van der Waals surface area contributed by atoms with Gasteiger partial charge >= 0.3 is 5.97 Å². The fourth-order valence-corrected chi connectivity index (χ4v) is 4.11. The molecule has 1 atom stereocenters. The highest BCUT2D eigenvalue weighted by Gasteiger charge is 2.33. The van der Waals surface area contributed by atoms with Crippen LogP contribution < -0.4 is 0 Å². The Morgan fingerprint density at radius 3 is 2.06 bits per heavy atom. The van der Waals surface area contributed by atoms with Crippen molar-refractivity contribution in [2.45, 2.75) is 40.3 Å². The van der Waals surface area contributed by atoms with Crippen LogP contribution in [0.4, 0.5) is 8.78 Å². The van der Waals surface area contributed by atoms with Gasteiger partial charge in [-0.05, 0) is 75.2 Å². The second-order valence-electron chi connectivity index (χ2n) is 8.32.